The molecule has 0 aliphatic rings. The van der Waals surface area contributed by atoms with E-state index in [1.165, 1.54) is 6.26 Å². The van der Waals surface area contributed by atoms with E-state index in [0.29, 0.717) is 22.9 Å². The number of nitrogens with two attached hydrogens (primary N) is 1. The van der Waals surface area contributed by atoms with E-state index in [1.807, 2.05) is 6.07 Å². The van der Waals surface area contributed by atoms with Gasteiger partial charge in [-0.2, -0.15) is 0 Å². The molecule has 3 N–H and O–H groups in total. The molecule has 0 saturated carbocycles. The molecule has 1 aromatic carbocycles. The monoisotopic (exact) mass is 310 g/mol. The highest BCUT2D eigenvalue weighted by atomic mass is 35.5. The fourth-order valence-corrected chi connectivity index (χ4v) is 2.75. The van der Waals surface area contributed by atoms with Gasteiger partial charge in [0.15, 0.2) is 0 Å². The summed E-state index contributed by atoms with van der Waals surface area (Å²) in [7, 11) is -2.99. The Balaban J connectivity index is 2.68. The number of nitrogens with one attached hydrogen (secondary N) is 1. The molecular weight excluding hydrogens is 295 g/mol. The highest BCUT2D eigenvalue weighted by Gasteiger charge is 2.13. The van der Waals surface area contributed by atoms with Gasteiger partial charge in [-0.05, 0) is 30.5 Å². The molecule has 0 aliphatic carbocycles. The molecule has 0 aliphatic heterocycles. The lowest BCUT2D eigenvalue weighted by Crippen LogP contribution is -2.38. The van der Waals surface area contributed by atoms with Crippen molar-refractivity contribution in [3.05, 3.63) is 33.8 Å². The average Bonchev–Trinajstić information content (AvgIpc) is 2.25. The summed E-state index contributed by atoms with van der Waals surface area (Å²) in [6, 6.07) is 5.07. The second kappa shape index (κ2) is 6.73. The zero-order valence-electron chi connectivity index (χ0n) is 9.99. The summed E-state index contributed by atoms with van der Waals surface area (Å²) in [6.45, 7) is 0. The summed E-state index contributed by atoms with van der Waals surface area (Å²) < 4.78 is 22.2. The third-order valence-corrected chi connectivity index (χ3v) is 4.12. The Labute approximate surface area is 117 Å². The SMILES string of the molecule is CS(=O)(=O)CCC(Cc1ccc(Cl)cc1Cl)NN. The second-order valence-electron chi connectivity index (χ2n) is 4.22. The van der Waals surface area contributed by atoms with Crippen molar-refractivity contribution in [3.63, 3.8) is 0 Å². The molecule has 0 bridgehead atoms. The molecule has 1 aromatic rings. The van der Waals surface area contributed by atoms with Crippen molar-refractivity contribution in [2.45, 2.75) is 18.9 Å². The first-order chi connectivity index (χ1) is 8.31. The van der Waals surface area contributed by atoms with Gasteiger partial charge in [0.1, 0.15) is 9.84 Å². The van der Waals surface area contributed by atoms with Gasteiger partial charge in [0.05, 0.1) is 5.75 Å². The molecule has 1 atom stereocenters. The Kier molecular flexibility index (Phi) is 5.88. The molecule has 0 fully saturated rings. The summed E-state index contributed by atoms with van der Waals surface area (Å²) in [5, 5.41) is 1.12. The van der Waals surface area contributed by atoms with E-state index in [4.69, 9.17) is 29.0 Å². The third kappa shape index (κ3) is 5.54. The first kappa shape index (κ1) is 15.7. The predicted molar refractivity (Wildman–Crippen MR) is 75.6 cm³/mol. The number of halogens is 2. The number of rotatable bonds is 6. The molecule has 0 radical (unpaired) electrons. The Morgan fingerprint density at radius 2 is 2.06 bits per heavy atom. The van der Waals surface area contributed by atoms with Crippen LogP contribution in [0, 0.1) is 0 Å². The van der Waals surface area contributed by atoms with E-state index < -0.39 is 9.84 Å². The summed E-state index contributed by atoms with van der Waals surface area (Å²) in [5.41, 5.74) is 3.50. The van der Waals surface area contributed by atoms with Gasteiger partial charge in [-0.3, -0.25) is 11.3 Å². The highest BCUT2D eigenvalue weighted by molar-refractivity contribution is 7.90. The Morgan fingerprint density at radius 1 is 1.39 bits per heavy atom. The van der Waals surface area contributed by atoms with Gasteiger partial charge >= 0.3 is 0 Å². The van der Waals surface area contributed by atoms with E-state index >= 15 is 0 Å². The van der Waals surface area contributed by atoms with Crippen molar-refractivity contribution < 1.29 is 8.42 Å². The molecule has 7 heteroatoms. The minimum absolute atomic E-state index is 0.0904. The maximum Gasteiger partial charge on any atom is 0.147 e. The van der Waals surface area contributed by atoms with Gasteiger partial charge in [-0.1, -0.05) is 29.3 Å². The lowest BCUT2D eigenvalue weighted by atomic mass is 10.0. The zero-order valence-corrected chi connectivity index (χ0v) is 12.3. The molecule has 0 spiro atoms. The molecule has 4 nitrogen and oxygen atoms in total. The van der Waals surface area contributed by atoms with Crippen LogP contribution in [0.25, 0.3) is 0 Å². The van der Waals surface area contributed by atoms with Crippen LogP contribution in [-0.2, 0) is 16.3 Å². The predicted octanol–water partition coefficient (Wildman–Crippen LogP) is 1.80. The van der Waals surface area contributed by atoms with Crippen LogP contribution in [0.3, 0.4) is 0 Å². The summed E-state index contributed by atoms with van der Waals surface area (Å²) >= 11 is 11.9. The van der Waals surface area contributed by atoms with Gasteiger partial charge in [-0.15, -0.1) is 0 Å². The average molecular weight is 311 g/mol. The minimum atomic E-state index is -2.99. The van der Waals surface area contributed by atoms with E-state index in [9.17, 15) is 8.42 Å². The van der Waals surface area contributed by atoms with Crippen LogP contribution in [0.4, 0.5) is 0 Å². The van der Waals surface area contributed by atoms with Gasteiger partial charge in [0.25, 0.3) is 0 Å². The number of sulfone groups is 1. The molecule has 102 valence electrons. The van der Waals surface area contributed by atoms with Crippen molar-refractivity contribution in [3.8, 4) is 0 Å². The van der Waals surface area contributed by atoms with Crippen LogP contribution in [0.2, 0.25) is 10.0 Å². The van der Waals surface area contributed by atoms with E-state index in [-0.39, 0.29) is 11.8 Å². The lowest BCUT2D eigenvalue weighted by molar-refractivity contribution is 0.506. The zero-order chi connectivity index (χ0) is 13.8. The third-order valence-electron chi connectivity index (χ3n) is 2.55. The smallest absolute Gasteiger partial charge is 0.147 e. The summed E-state index contributed by atoms with van der Waals surface area (Å²) in [4.78, 5) is 0. The molecule has 0 aromatic heterocycles. The molecule has 1 unspecified atom stereocenters. The largest absolute Gasteiger partial charge is 0.271 e. The Bertz CT molecular complexity index is 506. The number of hydrogen-bond acceptors (Lipinski definition) is 4. The molecule has 0 amide bonds. The molecule has 18 heavy (non-hydrogen) atoms. The van der Waals surface area contributed by atoms with Crippen molar-refractivity contribution in [1.82, 2.24) is 5.43 Å². The van der Waals surface area contributed by atoms with Crippen molar-refractivity contribution >= 4 is 33.0 Å². The van der Waals surface area contributed by atoms with E-state index in [2.05, 4.69) is 5.43 Å². The van der Waals surface area contributed by atoms with Crippen LogP contribution < -0.4 is 11.3 Å². The Morgan fingerprint density at radius 3 is 2.56 bits per heavy atom. The van der Waals surface area contributed by atoms with Gasteiger partial charge < -0.3 is 0 Å². The maximum absolute atomic E-state index is 11.1. The molecule has 1 rings (SSSR count). The second-order valence-corrected chi connectivity index (χ2v) is 7.33. The first-order valence-corrected chi connectivity index (χ1v) is 8.21. The normalized spacial score (nSPS) is 13.6. The highest BCUT2D eigenvalue weighted by Crippen LogP contribution is 2.22. The van der Waals surface area contributed by atoms with Crippen LogP contribution >= 0.6 is 23.2 Å². The molecule has 0 saturated heterocycles. The minimum Gasteiger partial charge on any atom is -0.271 e. The molecule has 0 heterocycles. The van der Waals surface area contributed by atoms with Crippen molar-refractivity contribution in [2.75, 3.05) is 12.0 Å². The van der Waals surface area contributed by atoms with E-state index in [0.717, 1.165) is 5.56 Å². The quantitative estimate of drug-likeness (QED) is 0.621. The van der Waals surface area contributed by atoms with Crippen LogP contribution in [-0.4, -0.2) is 26.5 Å². The van der Waals surface area contributed by atoms with Gasteiger partial charge in [0.2, 0.25) is 0 Å². The summed E-state index contributed by atoms with van der Waals surface area (Å²) in [5.74, 6) is 5.51. The maximum atomic E-state index is 11.1. The topological polar surface area (TPSA) is 72.2 Å². The van der Waals surface area contributed by atoms with Crippen molar-refractivity contribution in [2.24, 2.45) is 5.84 Å². The fourth-order valence-electron chi connectivity index (χ4n) is 1.55. The first-order valence-electron chi connectivity index (χ1n) is 5.39. The number of hydrogen-bond donors (Lipinski definition) is 2. The number of benzene rings is 1. The van der Waals surface area contributed by atoms with Crippen LogP contribution in [0.15, 0.2) is 18.2 Å². The standard InChI is InChI=1S/C11H16Cl2N2O2S/c1-18(16,17)5-4-10(15-14)6-8-2-3-9(12)7-11(8)13/h2-3,7,10,15H,4-6,14H2,1H3. The Hall–Kier alpha value is -0.330. The van der Waals surface area contributed by atoms with Gasteiger partial charge in [0, 0.05) is 22.3 Å². The number of hydrazine groups is 1. The van der Waals surface area contributed by atoms with E-state index in [1.54, 1.807) is 12.1 Å². The molecular formula is C11H16Cl2N2O2S. The van der Waals surface area contributed by atoms with Crippen LogP contribution in [0.5, 0.6) is 0 Å². The summed E-state index contributed by atoms with van der Waals surface area (Å²) in [6.07, 6.45) is 2.20. The van der Waals surface area contributed by atoms with Crippen molar-refractivity contribution in [1.29, 1.82) is 0 Å². The van der Waals surface area contributed by atoms with Crippen LogP contribution in [0.1, 0.15) is 12.0 Å². The lowest BCUT2D eigenvalue weighted by Gasteiger charge is -2.16. The fraction of sp³-hybridized carbons (Fsp3) is 0.455. The van der Waals surface area contributed by atoms with Gasteiger partial charge in [-0.25, -0.2) is 8.42 Å².